The van der Waals surface area contributed by atoms with Crippen molar-refractivity contribution in [1.82, 2.24) is 5.32 Å². The summed E-state index contributed by atoms with van der Waals surface area (Å²) in [5.41, 5.74) is 2.51. The van der Waals surface area contributed by atoms with E-state index in [2.05, 4.69) is 24.5 Å². The van der Waals surface area contributed by atoms with E-state index in [1.165, 1.54) is 0 Å². The lowest BCUT2D eigenvalue weighted by Crippen LogP contribution is -2.35. The van der Waals surface area contributed by atoms with Crippen LogP contribution in [0.15, 0.2) is 48.5 Å². The van der Waals surface area contributed by atoms with E-state index in [1.807, 2.05) is 48.5 Å². The molecule has 0 aliphatic heterocycles. The van der Waals surface area contributed by atoms with Gasteiger partial charge in [-0.2, -0.15) is 0 Å². The molecule has 0 saturated heterocycles. The normalized spacial score (nSPS) is 11.5. The van der Waals surface area contributed by atoms with Gasteiger partial charge < -0.3 is 15.4 Å². The Labute approximate surface area is 148 Å². The minimum absolute atomic E-state index is 0.225. The van der Waals surface area contributed by atoms with Gasteiger partial charge in [-0.25, -0.2) is 0 Å². The number of hydrogen-bond acceptors (Lipinski definition) is 3. The molecule has 2 N–H and O–H groups in total. The van der Waals surface area contributed by atoms with E-state index in [-0.39, 0.29) is 6.54 Å². The fourth-order valence-corrected chi connectivity index (χ4v) is 2.54. The highest BCUT2D eigenvalue weighted by Gasteiger charge is 2.17. The lowest BCUT2D eigenvalue weighted by Gasteiger charge is -2.15. The average Bonchev–Trinajstić information content (AvgIpc) is 2.66. The van der Waals surface area contributed by atoms with Crippen LogP contribution in [0.5, 0.6) is 5.75 Å². The Hall–Kier alpha value is -2.82. The average molecular weight is 340 g/mol. The first-order valence-corrected chi connectivity index (χ1v) is 8.36. The number of amides is 2. The standard InChI is InChI=1S/C20H24N2O3/c1-4-14(2)16-10-6-7-11-17(16)22-20(24)19(23)21-13-15-9-5-8-12-18(15)25-3/h5-12,14H,4,13H2,1-3H3,(H,21,23)(H,22,24). The Bertz CT molecular complexity index is 743. The van der Waals surface area contributed by atoms with Crippen LogP contribution in [-0.2, 0) is 16.1 Å². The molecule has 0 fully saturated rings. The van der Waals surface area contributed by atoms with Crippen LogP contribution in [0, 0.1) is 0 Å². The van der Waals surface area contributed by atoms with Gasteiger partial charge in [0.25, 0.3) is 0 Å². The van der Waals surface area contributed by atoms with Gasteiger partial charge in [-0.05, 0) is 30.0 Å². The van der Waals surface area contributed by atoms with Crippen LogP contribution in [0.1, 0.15) is 37.3 Å². The molecule has 2 aromatic rings. The van der Waals surface area contributed by atoms with Gasteiger partial charge in [-0.15, -0.1) is 0 Å². The number of benzene rings is 2. The number of carbonyl (C=O) groups is 2. The van der Waals surface area contributed by atoms with Crippen molar-refractivity contribution < 1.29 is 14.3 Å². The topological polar surface area (TPSA) is 67.4 Å². The third-order valence-corrected chi connectivity index (χ3v) is 4.19. The van der Waals surface area contributed by atoms with Crippen molar-refractivity contribution >= 4 is 17.5 Å². The first-order chi connectivity index (χ1) is 12.1. The third-order valence-electron chi connectivity index (χ3n) is 4.19. The van der Waals surface area contributed by atoms with E-state index in [0.29, 0.717) is 17.4 Å². The number of nitrogens with one attached hydrogen (secondary N) is 2. The highest BCUT2D eigenvalue weighted by Crippen LogP contribution is 2.26. The van der Waals surface area contributed by atoms with Gasteiger partial charge in [0.05, 0.1) is 7.11 Å². The van der Waals surface area contributed by atoms with E-state index in [1.54, 1.807) is 7.11 Å². The number of methoxy groups -OCH3 is 1. The van der Waals surface area contributed by atoms with E-state index in [4.69, 9.17) is 4.74 Å². The fourth-order valence-electron chi connectivity index (χ4n) is 2.54. The molecule has 132 valence electrons. The quantitative estimate of drug-likeness (QED) is 0.791. The van der Waals surface area contributed by atoms with Gasteiger partial charge in [-0.1, -0.05) is 50.2 Å². The van der Waals surface area contributed by atoms with Crippen molar-refractivity contribution in [2.24, 2.45) is 0 Å². The molecule has 2 aromatic carbocycles. The fraction of sp³-hybridized carbons (Fsp3) is 0.300. The van der Waals surface area contributed by atoms with Crippen molar-refractivity contribution in [2.45, 2.75) is 32.7 Å². The maximum atomic E-state index is 12.2. The van der Waals surface area contributed by atoms with Crippen molar-refractivity contribution in [3.05, 3.63) is 59.7 Å². The minimum Gasteiger partial charge on any atom is -0.496 e. The van der Waals surface area contributed by atoms with Gasteiger partial charge in [0.2, 0.25) is 0 Å². The van der Waals surface area contributed by atoms with E-state index >= 15 is 0 Å². The highest BCUT2D eigenvalue weighted by molar-refractivity contribution is 6.39. The summed E-state index contributed by atoms with van der Waals surface area (Å²) in [5, 5.41) is 5.33. The molecule has 0 spiro atoms. The van der Waals surface area contributed by atoms with E-state index in [0.717, 1.165) is 17.5 Å². The summed E-state index contributed by atoms with van der Waals surface area (Å²) in [6.07, 6.45) is 0.951. The predicted molar refractivity (Wildman–Crippen MR) is 98.6 cm³/mol. The molecule has 0 radical (unpaired) electrons. The van der Waals surface area contributed by atoms with Crippen LogP contribution in [0.4, 0.5) is 5.69 Å². The smallest absolute Gasteiger partial charge is 0.313 e. The van der Waals surface area contributed by atoms with Crippen LogP contribution in [0.3, 0.4) is 0 Å². The molecule has 2 rings (SSSR count). The number of para-hydroxylation sites is 2. The molecule has 25 heavy (non-hydrogen) atoms. The summed E-state index contributed by atoms with van der Waals surface area (Å²) in [4.78, 5) is 24.3. The number of carbonyl (C=O) groups excluding carboxylic acids is 2. The molecule has 0 aliphatic rings. The molecule has 0 aromatic heterocycles. The molecule has 5 heteroatoms. The number of anilines is 1. The molecule has 0 saturated carbocycles. The maximum Gasteiger partial charge on any atom is 0.313 e. The molecule has 0 aliphatic carbocycles. The van der Waals surface area contributed by atoms with Crippen LogP contribution < -0.4 is 15.4 Å². The molecular formula is C20H24N2O3. The molecular weight excluding hydrogens is 316 g/mol. The second-order valence-corrected chi connectivity index (χ2v) is 5.85. The van der Waals surface area contributed by atoms with Gasteiger partial charge in [-0.3, -0.25) is 9.59 Å². The lowest BCUT2D eigenvalue weighted by atomic mass is 9.97. The Morgan fingerprint density at radius 3 is 2.44 bits per heavy atom. The SMILES string of the molecule is CCC(C)c1ccccc1NC(=O)C(=O)NCc1ccccc1OC. The minimum atomic E-state index is -0.676. The molecule has 1 unspecified atom stereocenters. The lowest BCUT2D eigenvalue weighted by molar-refractivity contribution is -0.136. The predicted octanol–water partition coefficient (Wildman–Crippen LogP) is 3.46. The van der Waals surface area contributed by atoms with E-state index < -0.39 is 11.8 Å². The Kier molecular flexibility index (Phi) is 6.57. The highest BCUT2D eigenvalue weighted by atomic mass is 16.5. The molecule has 2 amide bonds. The van der Waals surface area contributed by atoms with Gasteiger partial charge >= 0.3 is 11.8 Å². The second kappa shape index (κ2) is 8.87. The number of rotatable bonds is 6. The number of hydrogen-bond donors (Lipinski definition) is 2. The van der Waals surface area contributed by atoms with E-state index in [9.17, 15) is 9.59 Å². The van der Waals surface area contributed by atoms with Gasteiger partial charge in [0, 0.05) is 17.8 Å². The molecule has 0 heterocycles. The summed E-state index contributed by atoms with van der Waals surface area (Å²) in [6.45, 7) is 4.40. The molecule has 1 atom stereocenters. The Balaban J connectivity index is 2.01. The van der Waals surface area contributed by atoms with Crippen molar-refractivity contribution in [3.8, 4) is 5.75 Å². The monoisotopic (exact) mass is 340 g/mol. The largest absolute Gasteiger partial charge is 0.496 e. The van der Waals surface area contributed by atoms with Crippen LogP contribution in [0.2, 0.25) is 0 Å². The number of ether oxygens (including phenoxy) is 1. The van der Waals surface area contributed by atoms with Crippen LogP contribution in [0.25, 0.3) is 0 Å². The van der Waals surface area contributed by atoms with Gasteiger partial charge in [0.1, 0.15) is 5.75 Å². The summed E-state index contributed by atoms with van der Waals surface area (Å²) >= 11 is 0. The Morgan fingerprint density at radius 2 is 1.72 bits per heavy atom. The second-order valence-electron chi connectivity index (χ2n) is 5.85. The van der Waals surface area contributed by atoms with Crippen LogP contribution >= 0.6 is 0 Å². The summed E-state index contributed by atoms with van der Waals surface area (Å²) in [7, 11) is 1.57. The first kappa shape index (κ1) is 18.5. The van der Waals surface area contributed by atoms with Gasteiger partial charge in [0.15, 0.2) is 0 Å². The van der Waals surface area contributed by atoms with Crippen LogP contribution in [-0.4, -0.2) is 18.9 Å². The molecule has 0 bridgehead atoms. The maximum absolute atomic E-state index is 12.2. The van der Waals surface area contributed by atoms with Crippen molar-refractivity contribution in [3.63, 3.8) is 0 Å². The first-order valence-electron chi connectivity index (χ1n) is 8.36. The zero-order valence-corrected chi connectivity index (χ0v) is 14.8. The molecule has 5 nitrogen and oxygen atoms in total. The van der Waals surface area contributed by atoms with Crippen molar-refractivity contribution in [1.29, 1.82) is 0 Å². The Morgan fingerprint density at radius 1 is 1.04 bits per heavy atom. The zero-order valence-electron chi connectivity index (χ0n) is 14.8. The third kappa shape index (κ3) is 4.83. The summed E-state index contributed by atoms with van der Waals surface area (Å²) in [5.74, 6) is -0.381. The summed E-state index contributed by atoms with van der Waals surface area (Å²) in [6, 6.07) is 14.9. The zero-order chi connectivity index (χ0) is 18.2. The summed E-state index contributed by atoms with van der Waals surface area (Å²) < 4.78 is 5.24. The van der Waals surface area contributed by atoms with Crippen molar-refractivity contribution in [2.75, 3.05) is 12.4 Å².